The summed E-state index contributed by atoms with van der Waals surface area (Å²) in [6.45, 7) is 16.4. The number of fused-ring (bicyclic) bond motifs is 2. The predicted octanol–water partition coefficient (Wildman–Crippen LogP) is 3.09. The van der Waals surface area contributed by atoms with Gasteiger partial charge in [-0.1, -0.05) is 34.1 Å². The highest BCUT2D eigenvalue weighted by atomic mass is 79.9. The number of hydrogen-bond acceptors (Lipinski definition) is 12. The largest absolute Gasteiger partial charge is 0.552 e. The highest BCUT2D eigenvalue weighted by Gasteiger charge is 2.35. The third-order valence-electron chi connectivity index (χ3n) is 9.24. The summed E-state index contributed by atoms with van der Waals surface area (Å²) >= 11 is 3.32. The van der Waals surface area contributed by atoms with Gasteiger partial charge in [-0.05, 0) is 36.2 Å². The third-order valence-corrected chi connectivity index (χ3v) is 9.74. The maximum atomic E-state index is 11.9. The number of amides is 2. The van der Waals surface area contributed by atoms with Crippen molar-refractivity contribution < 1.29 is 38.4 Å². The van der Waals surface area contributed by atoms with Crippen LogP contribution in [-0.2, 0) is 9.47 Å². The van der Waals surface area contributed by atoms with Crippen LogP contribution in [0.15, 0.2) is 65.2 Å². The van der Waals surface area contributed by atoms with Gasteiger partial charge < -0.3 is 61.0 Å². The molecule has 4 aliphatic heterocycles. The minimum atomic E-state index is -1.00. The highest BCUT2D eigenvalue weighted by Crippen LogP contribution is 2.32. The summed E-state index contributed by atoms with van der Waals surface area (Å²) in [7, 11) is -1.81. The average molecular weight is 839 g/mol. The molecule has 0 radical (unpaired) electrons. The number of carbonyl (C=O) groups is 2. The van der Waals surface area contributed by atoms with Crippen molar-refractivity contribution in [3.63, 3.8) is 0 Å². The van der Waals surface area contributed by atoms with E-state index >= 15 is 0 Å². The lowest BCUT2D eigenvalue weighted by atomic mass is 9.86. The quantitative estimate of drug-likeness (QED) is 0.121. The average Bonchev–Trinajstić information content (AvgIpc) is 3.81. The van der Waals surface area contributed by atoms with E-state index in [4.69, 9.17) is 54.2 Å². The maximum absolute atomic E-state index is 11.9. The summed E-state index contributed by atoms with van der Waals surface area (Å²) in [4.78, 5) is 30.2. The Morgan fingerprint density at radius 2 is 1.35 bits per heavy atom. The van der Waals surface area contributed by atoms with Crippen LogP contribution in [0, 0.1) is 13.1 Å². The normalized spacial score (nSPS) is 20.4. The number of hydrogen-bond donors (Lipinski definition) is 6. The fourth-order valence-electron chi connectivity index (χ4n) is 6.28. The molecule has 6 heterocycles. The van der Waals surface area contributed by atoms with Crippen LogP contribution >= 0.6 is 15.9 Å². The van der Waals surface area contributed by atoms with Crippen molar-refractivity contribution in [3.05, 3.63) is 110 Å². The summed E-state index contributed by atoms with van der Waals surface area (Å²) in [5, 5.41) is 30.3. The summed E-state index contributed by atoms with van der Waals surface area (Å²) in [6, 6.07) is 10.1. The van der Waals surface area contributed by atoms with E-state index in [-0.39, 0.29) is 46.9 Å². The maximum Gasteiger partial charge on any atom is 0.552 e. The van der Waals surface area contributed by atoms with Gasteiger partial charge in [0.25, 0.3) is 11.8 Å². The zero-order valence-corrected chi connectivity index (χ0v) is 31.9. The molecule has 292 valence electrons. The lowest BCUT2D eigenvalue weighted by Gasteiger charge is -2.23. The monoisotopic (exact) mass is 838 g/mol. The molecule has 4 aromatic rings. The number of nitrogens with two attached hydrogens (primary N) is 3. The second-order valence-corrected chi connectivity index (χ2v) is 14.0. The smallest absolute Gasteiger partial charge is 0.532 e. The molecule has 2 aromatic heterocycles. The molecule has 21 heteroatoms. The first kappa shape index (κ1) is 40.6. The third kappa shape index (κ3) is 9.84. The first-order valence-electron chi connectivity index (χ1n) is 17.6. The number of anilines is 3. The lowest BCUT2D eigenvalue weighted by molar-refractivity contribution is 0.0506. The molecule has 18 nitrogen and oxygen atoms in total. The van der Waals surface area contributed by atoms with Gasteiger partial charge in [-0.3, -0.25) is 19.0 Å². The van der Waals surface area contributed by atoms with Crippen LogP contribution < -0.4 is 31.8 Å². The Kier molecular flexibility index (Phi) is 13.0. The van der Waals surface area contributed by atoms with E-state index < -0.39 is 26.1 Å². The standard InChI is InChI=1S/C18H18BN5O4.C10H13N5O2.C8H6BBrO2/c1-21-14-5-7-27-10-15(14)24-9-13(17(20)25)18(23-24)22-12-3-2-11-4-6-19(26)28-16(11)8-12;1-13-7-2-3-17-5-8(7)15-4-6(10(12)16)9(11)14-15;10-7-2-1-6-3-4-9(11)12-8(6)5-7/h2-4,6,8-9,14-15,26H,5,7,10H2,(H2,20,25)(H,22,23);4,7-8H,2-3,5H2,(H2,11,14)(H2,12,16);1-5,11H/t14-,15?;7-,8?;/m00./s1. The Morgan fingerprint density at radius 1 is 0.825 bits per heavy atom. The van der Waals surface area contributed by atoms with E-state index in [0.29, 0.717) is 56.5 Å². The molecule has 0 bridgehead atoms. The summed E-state index contributed by atoms with van der Waals surface area (Å²) in [5.74, 6) is 3.49. The van der Waals surface area contributed by atoms with Crippen molar-refractivity contribution in [2.75, 3.05) is 37.5 Å². The van der Waals surface area contributed by atoms with Crippen molar-refractivity contribution in [2.45, 2.75) is 37.0 Å². The summed E-state index contributed by atoms with van der Waals surface area (Å²) in [6.07, 6.45) is 7.90. The molecule has 57 heavy (non-hydrogen) atoms. The molecule has 2 saturated heterocycles. The number of halogens is 1. The van der Waals surface area contributed by atoms with Crippen molar-refractivity contribution in [1.82, 2.24) is 19.6 Å². The van der Waals surface area contributed by atoms with Gasteiger partial charge >= 0.3 is 14.2 Å². The molecular formula is C36H37B2BrN10O8. The van der Waals surface area contributed by atoms with E-state index in [9.17, 15) is 14.6 Å². The van der Waals surface area contributed by atoms with E-state index in [1.165, 1.54) is 10.9 Å². The van der Waals surface area contributed by atoms with E-state index in [1.54, 1.807) is 41.0 Å². The van der Waals surface area contributed by atoms with Crippen molar-refractivity contribution in [2.24, 2.45) is 11.5 Å². The van der Waals surface area contributed by atoms with Crippen molar-refractivity contribution in [3.8, 4) is 11.5 Å². The molecule has 0 spiro atoms. The van der Waals surface area contributed by atoms with Crippen LogP contribution in [0.3, 0.4) is 0 Å². The molecule has 8 rings (SSSR count). The van der Waals surface area contributed by atoms with Gasteiger partial charge in [0.2, 0.25) is 12.1 Å². The second kappa shape index (κ2) is 18.2. The fourth-order valence-corrected chi connectivity index (χ4v) is 6.62. The lowest BCUT2D eigenvalue weighted by Crippen LogP contribution is -2.32. The van der Waals surface area contributed by atoms with E-state index in [0.717, 1.165) is 15.6 Å². The van der Waals surface area contributed by atoms with Crippen molar-refractivity contribution >= 4 is 71.5 Å². The van der Waals surface area contributed by atoms with Gasteiger partial charge in [-0.15, -0.1) is 0 Å². The molecule has 4 atom stereocenters. The zero-order valence-electron chi connectivity index (χ0n) is 30.3. The Balaban J connectivity index is 0.000000160. The van der Waals surface area contributed by atoms with Gasteiger partial charge in [0, 0.05) is 52.6 Å². The number of aromatic nitrogens is 4. The molecule has 0 aliphatic carbocycles. The number of nitrogen functional groups attached to an aromatic ring is 1. The molecule has 2 fully saturated rings. The van der Waals surface area contributed by atoms with Crippen LogP contribution in [0.4, 0.5) is 17.3 Å². The van der Waals surface area contributed by atoms with Crippen LogP contribution in [-0.4, -0.2) is 94.2 Å². The topological polar surface area (TPSA) is 246 Å². The van der Waals surface area contributed by atoms with Gasteiger partial charge in [0.15, 0.2) is 11.6 Å². The number of carbonyl (C=O) groups excluding carboxylic acids is 2. The number of primary amides is 2. The molecular weight excluding hydrogens is 802 g/mol. The number of benzene rings is 2. The Morgan fingerprint density at radius 3 is 1.89 bits per heavy atom. The van der Waals surface area contributed by atoms with Crippen LogP contribution in [0.5, 0.6) is 11.5 Å². The Bertz CT molecular complexity index is 2270. The van der Waals surface area contributed by atoms with Gasteiger partial charge in [-0.2, -0.15) is 10.2 Å². The van der Waals surface area contributed by atoms with Gasteiger partial charge in [-0.25, -0.2) is 13.1 Å². The predicted molar refractivity (Wildman–Crippen MR) is 215 cm³/mol. The molecule has 9 N–H and O–H groups in total. The molecule has 0 saturated carbocycles. The van der Waals surface area contributed by atoms with Crippen LogP contribution in [0.25, 0.3) is 21.8 Å². The SMILES string of the molecule is OB1C=Cc2ccc(Br)cc2O1.[C-]#[N+][C@H]1CCOCC1n1cc(C(N)=O)c(N)n1.[C-]#[N+][C@H]1CCOCC1n1cc(C(N)=O)c(Nc2ccc3c(c2)OB(O)C=C3)n1. The second-order valence-electron chi connectivity index (χ2n) is 13.1. The fraction of sp³-hybridized carbons (Fsp3) is 0.278. The molecule has 4 aliphatic rings. The minimum absolute atomic E-state index is 0.0896. The highest BCUT2D eigenvalue weighted by molar-refractivity contribution is 9.10. The number of ether oxygens (including phenoxy) is 2. The van der Waals surface area contributed by atoms with Crippen LogP contribution in [0.2, 0.25) is 0 Å². The Hall–Kier alpha value is -6.09. The molecule has 2 amide bonds. The first-order valence-corrected chi connectivity index (χ1v) is 18.4. The van der Waals surface area contributed by atoms with Gasteiger partial charge in [0.05, 0.1) is 26.4 Å². The molecule has 2 unspecified atom stereocenters. The van der Waals surface area contributed by atoms with E-state index in [2.05, 4.69) is 41.1 Å². The first-order chi connectivity index (χ1) is 27.4. The minimum Gasteiger partial charge on any atom is -0.532 e. The van der Waals surface area contributed by atoms with Gasteiger partial charge in [0.1, 0.15) is 34.7 Å². The zero-order chi connectivity index (χ0) is 40.6. The van der Waals surface area contributed by atoms with Crippen LogP contribution in [0.1, 0.15) is 56.8 Å². The number of nitrogens with zero attached hydrogens (tertiary/aromatic N) is 6. The van der Waals surface area contributed by atoms with Crippen molar-refractivity contribution in [1.29, 1.82) is 0 Å². The Labute approximate surface area is 336 Å². The molecule has 2 aromatic carbocycles. The number of nitrogens with one attached hydrogen (secondary N) is 1. The van der Waals surface area contributed by atoms with E-state index in [1.807, 2.05) is 30.3 Å². The summed E-state index contributed by atoms with van der Waals surface area (Å²) < 4.78 is 25.4. The summed E-state index contributed by atoms with van der Waals surface area (Å²) in [5.41, 5.74) is 19.1. The number of rotatable bonds is 6.